The fourth-order valence-electron chi connectivity index (χ4n) is 4.71. The summed E-state index contributed by atoms with van der Waals surface area (Å²) in [5.74, 6) is -0.809. The van der Waals surface area contributed by atoms with Crippen molar-refractivity contribution >= 4 is 59.4 Å². The molecule has 0 saturated carbocycles. The third kappa shape index (κ3) is 8.80. The number of rotatable bonds is 13. The molecule has 0 spiro atoms. The van der Waals surface area contributed by atoms with Crippen molar-refractivity contribution in [3.05, 3.63) is 129 Å². The van der Waals surface area contributed by atoms with Gasteiger partial charge in [-0.15, -0.1) is 0 Å². The molecule has 4 aromatic rings. The van der Waals surface area contributed by atoms with Gasteiger partial charge in [-0.3, -0.25) is 13.9 Å². The lowest BCUT2D eigenvalue weighted by Gasteiger charge is -2.34. The van der Waals surface area contributed by atoms with E-state index >= 15 is 0 Å². The van der Waals surface area contributed by atoms with Crippen molar-refractivity contribution < 1.29 is 18.0 Å². The molecule has 2 amide bonds. The number of hydrogen-bond donors (Lipinski definition) is 1. The van der Waals surface area contributed by atoms with Gasteiger partial charge in [-0.1, -0.05) is 106 Å². The molecule has 0 bridgehead atoms. The summed E-state index contributed by atoms with van der Waals surface area (Å²) in [5.41, 5.74) is 1.99. The van der Waals surface area contributed by atoms with Crippen molar-refractivity contribution in [3.63, 3.8) is 0 Å². The average Bonchev–Trinajstić information content (AvgIpc) is 3.02. The van der Waals surface area contributed by atoms with Crippen molar-refractivity contribution in [2.45, 2.75) is 50.2 Å². The first-order valence-corrected chi connectivity index (χ1v) is 17.3. The molecular weight excluding hydrogens is 706 g/mol. The molecule has 7 nitrogen and oxygen atoms in total. The number of benzene rings is 4. The normalized spacial score (nSPS) is 12.6. The van der Waals surface area contributed by atoms with Gasteiger partial charge >= 0.3 is 0 Å². The lowest BCUT2D eigenvalue weighted by molar-refractivity contribution is -0.140. The van der Waals surface area contributed by atoms with Crippen LogP contribution in [-0.4, -0.2) is 43.8 Å². The number of hydrogen-bond acceptors (Lipinski definition) is 4. The SMILES string of the molecule is CC[C@H](C)NC(=O)[C@@H](Cc1ccccc1)N(Cc1cccc(Br)c1)C(=O)CN(c1cccc(Br)c1)S(=O)(=O)c1ccccc1. The molecule has 0 aliphatic heterocycles. The highest BCUT2D eigenvalue weighted by Gasteiger charge is 2.35. The maximum absolute atomic E-state index is 14.5. The Bertz CT molecular complexity index is 1670. The summed E-state index contributed by atoms with van der Waals surface area (Å²) >= 11 is 6.94. The fraction of sp³-hybridized carbons (Fsp3) is 0.235. The van der Waals surface area contributed by atoms with E-state index in [-0.39, 0.29) is 29.8 Å². The summed E-state index contributed by atoms with van der Waals surface area (Å²) < 4.78 is 30.7. The molecule has 0 fully saturated rings. The van der Waals surface area contributed by atoms with Crippen molar-refractivity contribution in [1.29, 1.82) is 0 Å². The molecule has 44 heavy (non-hydrogen) atoms. The predicted octanol–water partition coefficient (Wildman–Crippen LogP) is 6.96. The summed E-state index contributed by atoms with van der Waals surface area (Å²) in [6.07, 6.45) is 0.973. The lowest BCUT2D eigenvalue weighted by atomic mass is 10.0. The van der Waals surface area contributed by atoms with Gasteiger partial charge in [0, 0.05) is 28.0 Å². The second-order valence-electron chi connectivity index (χ2n) is 10.5. The standard InChI is InChI=1S/C34H35Br2N3O4S/c1-3-25(2)37-34(41)32(21-26-12-6-4-7-13-26)38(23-27-14-10-15-28(35)20-27)33(40)24-39(30-17-11-16-29(36)22-30)44(42,43)31-18-8-5-9-19-31/h4-20,22,25,32H,3,21,23-24H2,1-2H3,(H,37,41)/t25-,32+/m0/s1. The molecule has 0 aliphatic rings. The lowest BCUT2D eigenvalue weighted by Crippen LogP contribution is -2.54. The molecule has 1 N–H and O–H groups in total. The van der Waals surface area contributed by atoms with Gasteiger partial charge in [0.25, 0.3) is 10.0 Å². The highest BCUT2D eigenvalue weighted by molar-refractivity contribution is 9.10. The Kier molecular flexibility index (Phi) is 11.8. The predicted molar refractivity (Wildman–Crippen MR) is 182 cm³/mol. The van der Waals surface area contributed by atoms with E-state index in [1.807, 2.05) is 68.4 Å². The second-order valence-corrected chi connectivity index (χ2v) is 14.2. The van der Waals surface area contributed by atoms with E-state index in [1.165, 1.54) is 17.0 Å². The average molecular weight is 742 g/mol. The summed E-state index contributed by atoms with van der Waals surface area (Å²) in [4.78, 5) is 29.9. The van der Waals surface area contributed by atoms with Crippen LogP contribution >= 0.6 is 31.9 Å². The van der Waals surface area contributed by atoms with E-state index < -0.39 is 28.5 Å². The van der Waals surface area contributed by atoms with E-state index in [1.54, 1.807) is 42.5 Å². The van der Waals surface area contributed by atoms with Gasteiger partial charge in [0.15, 0.2) is 0 Å². The van der Waals surface area contributed by atoms with Gasteiger partial charge in [-0.25, -0.2) is 8.42 Å². The molecule has 4 aromatic carbocycles. The van der Waals surface area contributed by atoms with Crippen LogP contribution in [0.3, 0.4) is 0 Å². The summed E-state index contributed by atoms with van der Waals surface area (Å²) in [6.45, 7) is 3.48. The Balaban J connectivity index is 1.80. The molecule has 10 heteroatoms. The number of nitrogens with one attached hydrogen (secondary N) is 1. The van der Waals surface area contributed by atoms with Crippen LogP contribution < -0.4 is 9.62 Å². The van der Waals surface area contributed by atoms with Gasteiger partial charge in [0.05, 0.1) is 10.6 Å². The maximum atomic E-state index is 14.5. The van der Waals surface area contributed by atoms with Crippen molar-refractivity contribution in [2.24, 2.45) is 0 Å². The molecule has 0 aliphatic carbocycles. The minimum Gasteiger partial charge on any atom is -0.352 e. The third-order valence-corrected chi connectivity index (χ3v) is 9.99. The highest BCUT2D eigenvalue weighted by atomic mass is 79.9. The van der Waals surface area contributed by atoms with Gasteiger partial charge in [-0.2, -0.15) is 0 Å². The Hall–Kier alpha value is -3.47. The van der Waals surface area contributed by atoms with Crippen LogP contribution in [-0.2, 0) is 32.6 Å². The van der Waals surface area contributed by atoms with Crippen molar-refractivity contribution in [2.75, 3.05) is 10.8 Å². The molecule has 0 radical (unpaired) electrons. The van der Waals surface area contributed by atoms with Crippen LogP contribution in [0.5, 0.6) is 0 Å². The van der Waals surface area contributed by atoms with Crippen LogP contribution in [0, 0.1) is 0 Å². The monoisotopic (exact) mass is 739 g/mol. The first-order chi connectivity index (χ1) is 21.1. The quantitative estimate of drug-likeness (QED) is 0.161. The molecular formula is C34H35Br2N3O4S. The first-order valence-electron chi connectivity index (χ1n) is 14.3. The summed E-state index contributed by atoms with van der Waals surface area (Å²) in [6, 6.07) is 30.8. The van der Waals surface area contributed by atoms with E-state index in [0.29, 0.717) is 10.2 Å². The number of amides is 2. The Morgan fingerprint density at radius 1 is 0.795 bits per heavy atom. The number of anilines is 1. The number of carbonyl (C=O) groups excluding carboxylic acids is 2. The largest absolute Gasteiger partial charge is 0.352 e. The Morgan fingerprint density at radius 2 is 1.39 bits per heavy atom. The molecule has 4 rings (SSSR count). The third-order valence-electron chi connectivity index (χ3n) is 7.22. The zero-order valence-electron chi connectivity index (χ0n) is 24.6. The van der Waals surface area contributed by atoms with E-state index in [0.717, 1.165) is 26.3 Å². The Morgan fingerprint density at radius 3 is 2.00 bits per heavy atom. The second kappa shape index (κ2) is 15.5. The summed E-state index contributed by atoms with van der Waals surface area (Å²) in [5, 5.41) is 3.05. The molecule has 230 valence electrons. The smallest absolute Gasteiger partial charge is 0.264 e. The van der Waals surface area contributed by atoms with Gasteiger partial charge in [0.2, 0.25) is 11.8 Å². The minimum atomic E-state index is -4.15. The minimum absolute atomic E-state index is 0.0571. The molecule has 2 atom stereocenters. The zero-order chi connectivity index (χ0) is 31.7. The van der Waals surface area contributed by atoms with Gasteiger partial charge < -0.3 is 10.2 Å². The van der Waals surface area contributed by atoms with Crippen LogP contribution in [0.4, 0.5) is 5.69 Å². The summed E-state index contributed by atoms with van der Waals surface area (Å²) in [7, 11) is -4.15. The number of carbonyl (C=O) groups is 2. The number of halogens is 2. The Labute approximate surface area is 276 Å². The van der Waals surface area contributed by atoms with Crippen LogP contribution in [0.1, 0.15) is 31.4 Å². The topological polar surface area (TPSA) is 86.8 Å². The first kappa shape index (κ1) is 33.4. The highest BCUT2D eigenvalue weighted by Crippen LogP contribution is 2.27. The van der Waals surface area contributed by atoms with E-state index in [2.05, 4.69) is 37.2 Å². The van der Waals surface area contributed by atoms with Crippen molar-refractivity contribution in [3.8, 4) is 0 Å². The fourth-order valence-corrected chi connectivity index (χ4v) is 6.97. The zero-order valence-corrected chi connectivity index (χ0v) is 28.6. The number of nitrogens with zero attached hydrogens (tertiary/aromatic N) is 2. The van der Waals surface area contributed by atoms with Gasteiger partial charge in [0.1, 0.15) is 12.6 Å². The van der Waals surface area contributed by atoms with Crippen LogP contribution in [0.2, 0.25) is 0 Å². The van der Waals surface area contributed by atoms with Crippen molar-refractivity contribution in [1.82, 2.24) is 10.2 Å². The molecule has 0 heterocycles. The molecule has 0 unspecified atom stereocenters. The van der Waals surface area contributed by atoms with Crippen LogP contribution in [0.15, 0.2) is 123 Å². The van der Waals surface area contributed by atoms with E-state index in [4.69, 9.17) is 0 Å². The molecule has 0 saturated heterocycles. The number of sulfonamides is 1. The van der Waals surface area contributed by atoms with E-state index in [9.17, 15) is 18.0 Å². The molecule has 0 aromatic heterocycles. The van der Waals surface area contributed by atoms with Gasteiger partial charge in [-0.05, 0) is 66.9 Å². The van der Waals surface area contributed by atoms with Crippen LogP contribution in [0.25, 0.3) is 0 Å². The maximum Gasteiger partial charge on any atom is 0.264 e.